The molecule has 0 radical (unpaired) electrons. The van der Waals surface area contributed by atoms with Crippen molar-refractivity contribution >= 4 is 22.6 Å². The fourth-order valence-electron chi connectivity index (χ4n) is 2.82. The first kappa shape index (κ1) is 17.3. The zero-order valence-electron chi connectivity index (χ0n) is 14.1. The molecule has 3 aromatic rings. The van der Waals surface area contributed by atoms with Crippen LogP contribution in [0.3, 0.4) is 0 Å². The van der Waals surface area contributed by atoms with Gasteiger partial charge in [0.1, 0.15) is 11.3 Å². The molecular formula is C19H16N4O3. The molecule has 0 aliphatic rings. The number of fused-ring (bicyclic) bond motifs is 1. The molecule has 0 aliphatic carbocycles. The van der Waals surface area contributed by atoms with E-state index in [2.05, 4.69) is 15.0 Å². The number of ether oxygens (including phenoxy) is 1. The Balaban J connectivity index is 2.13. The lowest BCUT2D eigenvalue weighted by molar-refractivity contribution is -0.140. The number of pyridine rings is 1. The van der Waals surface area contributed by atoms with E-state index in [9.17, 15) is 9.90 Å². The van der Waals surface area contributed by atoms with E-state index >= 15 is 0 Å². The second-order valence-corrected chi connectivity index (χ2v) is 5.67. The van der Waals surface area contributed by atoms with Crippen LogP contribution in [-0.2, 0) is 16.0 Å². The zero-order valence-corrected chi connectivity index (χ0v) is 14.1. The number of phenols is 1. The largest absolute Gasteiger partial charge is 0.506 e. The van der Waals surface area contributed by atoms with Crippen molar-refractivity contribution in [3.63, 3.8) is 0 Å². The van der Waals surface area contributed by atoms with Crippen LogP contribution in [0.15, 0.2) is 53.8 Å². The summed E-state index contributed by atoms with van der Waals surface area (Å²) < 4.78 is 4.97. The van der Waals surface area contributed by atoms with Crippen molar-refractivity contribution in [2.45, 2.75) is 13.3 Å². The number of esters is 1. The summed E-state index contributed by atoms with van der Waals surface area (Å²) in [5, 5.41) is 14.8. The van der Waals surface area contributed by atoms with E-state index in [-0.39, 0.29) is 18.3 Å². The van der Waals surface area contributed by atoms with Gasteiger partial charge in [0.2, 0.25) is 0 Å². The average Bonchev–Trinajstić information content (AvgIpc) is 2.62. The van der Waals surface area contributed by atoms with E-state index in [1.807, 2.05) is 24.3 Å². The van der Waals surface area contributed by atoms with Crippen LogP contribution in [0.4, 0.5) is 5.69 Å². The van der Waals surface area contributed by atoms with Gasteiger partial charge in [0, 0.05) is 35.5 Å². The molecular weight excluding hydrogens is 332 g/mol. The fraction of sp³-hybridized carbons (Fsp3) is 0.158. The smallest absolute Gasteiger partial charge is 0.302 e. The Morgan fingerprint density at radius 2 is 2.08 bits per heavy atom. The van der Waals surface area contributed by atoms with Gasteiger partial charge in [0.25, 0.3) is 0 Å². The van der Waals surface area contributed by atoms with Crippen LogP contribution in [0.2, 0.25) is 0 Å². The summed E-state index contributed by atoms with van der Waals surface area (Å²) in [5.41, 5.74) is 12.1. The average molecular weight is 348 g/mol. The Hall–Kier alpha value is -3.57. The number of phenolic OH excluding ortho intramolecular Hbond substituents is 1. The van der Waals surface area contributed by atoms with E-state index in [4.69, 9.17) is 10.3 Å². The Bertz CT molecular complexity index is 1030. The van der Waals surface area contributed by atoms with Gasteiger partial charge < -0.3 is 9.84 Å². The molecule has 2 aromatic carbocycles. The number of aromatic hydroxyl groups is 1. The van der Waals surface area contributed by atoms with Crippen LogP contribution >= 0.6 is 0 Å². The minimum atomic E-state index is -0.347. The molecule has 1 N–H and O–H groups in total. The van der Waals surface area contributed by atoms with Crippen LogP contribution in [0.5, 0.6) is 5.75 Å². The number of rotatable bonds is 5. The number of hydrogen-bond acceptors (Lipinski definition) is 5. The molecule has 26 heavy (non-hydrogen) atoms. The summed E-state index contributed by atoms with van der Waals surface area (Å²) in [6.45, 7) is 1.58. The van der Waals surface area contributed by atoms with Gasteiger partial charge >= 0.3 is 5.97 Å². The Labute approximate surface area is 149 Å². The SMILES string of the molecule is CC(=O)OCCc1cc(O)c2nccc(-c3ccccc3N=[N+]=[N-])c2c1. The molecule has 7 heteroatoms. The van der Waals surface area contributed by atoms with Crippen molar-refractivity contribution in [1.29, 1.82) is 0 Å². The van der Waals surface area contributed by atoms with Gasteiger partial charge in [-0.2, -0.15) is 0 Å². The molecule has 0 saturated carbocycles. The Kier molecular flexibility index (Phi) is 5.01. The summed E-state index contributed by atoms with van der Waals surface area (Å²) in [5.74, 6) is -0.302. The van der Waals surface area contributed by atoms with Gasteiger partial charge in [-0.05, 0) is 40.4 Å². The first-order chi connectivity index (χ1) is 12.6. The minimum absolute atomic E-state index is 0.0449. The number of azide groups is 1. The molecule has 7 nitrogen and oxygen atoms in total. The quantitative estimate of drug-likeness (QED) is 0.313. The molecule has 130 valence electrons. The third kappa shape index (κ3) is 3.58. The van der Waals surface area contributed by atoms with Gasteiger partial charge in [-0.3, -0.25) is 9.78 Å². The van der Waals surface area contributed by atoms with Gasteiger partial charge in [-0.15, -0.1) is 0 Å². The summed E-state index contributed by atoms with van der Waals surface area (Å²) >= 11 is 0. The molecule has 3 rings (SSSR count). The van der Waals surface area contributed by atoms with Crippen molar-refractivity contribution in [1.82, 2.24) is 4.98 Å². The highest BCUT2D eigenvalue weighted by molar-refractivity contribution is 5.99. The number of carbonyl (C=O) groups is 1. The summed E-state index contributed by atoms with van der Waals surface area (Å²) in [4.78, 5) is 18.1. The van der Waals surface area contributed by atoms with E-state index in [0.717, 1.165) is 22.1 Å². The maximum atomic E-state index is 10.9. The number of benzene rings is 2. The number of carbonyl (C=O) groups excluding carboxylic acids is 1. The minimum Gasteiger partial charge on any atom is -0.506 e. The monoisotopic (exact) mass is 348 g/mol. The van der Waals surface area contributed by atoms with E-state index in [1.165, 1.54) is 6.92 Å². The molecule has 0 amide bonds. The fourth-order valence-corrected chi connectivity index (χ4v) is 2.82. The summed E-state index contributed by atoms with van der Waals surface area (Å²) in [7, 11) is 0. The first-order valence-electron chi connectivity index (χ1n) is 7.98. The highest BCUT2D eigenvalue weighted by Gasteiger charge is 2.12. The Morgan fingerprint density at radius 3 is 2.85 bits per heavy atom. The molecule has 0 unspecified atom stereocenters. The molecule has 0 atom stereocenters. The second-order valence-electron chi connectivity index (χ2n) is 5.67. The van der Waals surface area contributed by atoms with Crippen LogP contribution in [0.25, 0.3) is 32.5 Å². The lowest BCUT2D eigenvalue weighted by Gasteiger charge is -2.12. The highest BCUT2D eigenvalue weighted by atomic mass is 16.5. The lowest BCUT2D eigenvalue weighted by Crippen LogP contribution is -2.03. The van der Waals surface area contributed by atoms with Gasteiger partial charge in [0.15, 0.2) is 0 Å². The van der Waals surface area contributed by atoms with Crippen LogP contribution < -0.4 is 0 Å². The standard InChI is InChI=1S/C19H16N4O3/c1-12(24)26-9-7-13-10-16-14(6-8-21-19(16)18(25)11-13)15-4-2-3-5-17(15)22-23-20/h2-6,8,10-11,25H,7,9H2,1H3. The van der Waals surface area contributed by atoms with Crippen LogP contribution in [0.1, 0.15) is 12.5 Å². The number of aromatic nitrogens is 1. The van der Waals surface area contributed by atoms with Crippen LogP contribution in [0, 0.1) is 0 Å². The third-order valence-electron chi connectivity index (χ3n) is 3.93. The number of hydrogen-bond donors (Lipinski definition) is 1. The van der Waals surface area contributed by atoms with Gasteiger partial charge in [0.05, 0.1) is 6.61 Å². The molecule has 0 aliphatic heterocycles. The lowest BCUT2D eigenvalue weighted by atomic mass is 9.97. The normalized spacial score (nSPS) is 10.3. The van der Waals surface area contributed by atoms with Crippen molar-refractivity contribution in [2.75, 3.05) is 6.61 Å². The van der Waals surface area contributed by atoms with Gasteiger partial charge in [-0.25, -0.2) is 0 Å². The van der Waals surface area contributed by atoms with E-state index < -0.39 is 0 Å². The maximum Gasteiger partial charge on any atom is 0.302 e. The highest BCUT2D eigenvalue weighted by Crippen LogP contribution is 2.37. The van der Waals surface area contributed by atoms with E-state index in [1.54, 1.807) is 24.4 Å². The third-order valence-corrected chi connectivity index (χ3v) is 3.93. The summed E-state index contributed by atoms with van der Waals surface area (Å²) in [6.07, 6.45) is 2.07. The molecule has 1 heterocycles. The number of nitrogens with zero attached hydrogens (tertiary/aromatic N) is 4. The molecule has 0 spiro atoms. The maximum absolute atomic E-state index is 10.9. The van der Waals surface area contributed by atoms with Crippen molar-refractivity contribution < 1.29 is 14.6 Å². The summed E-state index contributed by atoms with van der Waals surface area (Å²) in [6, 6.07) is 12.5. The zero-order chi connectivity index (χ0) is 18.5. The molecule has 0 saturated heterocycles. The molecule has 0 fully saturated rings. The molecule has 1 aromatic heterocycles. The van der Waals surface area contributed by atoms with Crippen molar-refractivity contribution in [3.05, 3.63) is 64.7 Å². The first-order valence-corrected chi connectivity index (χ1v) is 7.98. The Morgan fingerprint density at radius 1 is 1.27 bits per heavy atom. The van der Waals surface area contributed by atoms with E-state index in [0.29, 0.717) is 17.6 Å². The van der Waals surface area contributed by atoms with Gasteiger partial charge in [-0.1, -0.05) is 29.4 Å². The topological polar surface area (TPSA) is 108 Å². The van der Waals surface area contributed by atoms with Crippen LogP contribution in [-0.4, -0.2) is 22.7 Å². The van der Waals surface area contributed by atoms with Crippen molar-refractivity contribution in [3.8, 4) is 16.9 Å². The second kappa shape index (κ2) is 7.55. The predicted octanol–water partition coefficient (Wildman–Crippen LogP) is 4.65. The molecule has 0 bridgehead atoms. The predicted molar refractivity (Wildman–Crippen MR) is 98.0 cm³/mol. The van der Waals surface area contributed by atoms with Crippen molar-refractivity contribution in [2.24, 2.45) is 5.11 Å².